The third-order valence-electron chi connectivity index (χ3n) is 4.80. The first kappa shape index (κ1) is 16.7. The average molecular weight is 319 g/mol. The van der Waals surface area contributed by atoms with Crippen molar-refractivity contribution in [3.05, 3.63) is 76.4 Å². The van der Waals surface area contributed by atoms with Gasteiger partial charge in [0.05, 0.1) is 0 Å². The number of rotatable bonds is 5. The quantitative estimate of drug-likeness (QED) is 0.819. The van der Waals surface area contributed by atoms with Crippen molar-refractivity contribution in [3.63, 3.8) is 0 Å². The second-order valence-electron chi connectivity index (χ2n) is 6.94. The first-order chi connectivity index (χ1) is 11.5. The van der Waals surface area contributed by atoms with Gasteiger partial charge in [-0.1, -0.05) is 48.5 Å². The topological polar surface area (TPSA) is 20.3 Å². The van der Waals surface area contributed by atoms with Gasteiger partial charge in [-0.15, -0.1) is 0 Å². The number of benzene rings is 2. The van der Waals surface area contributed by atoms with E-state index in [-0.39, 0.29) is 5.78 Å². The highest BCUT2D eigenvalue weighted by atomic mass is 16.1. The Hall–Kier alpha value is -2.19. The molecule has 0 amide bonds. The lowest BCUT2D eigenvalue weighted by molar-refractivity contribution is -0.114. The Morgan fingerprint density at radius 2 is 1.79 bits per heavy atom. The molecule has 0 aliphatic heterocycles. The number of carbonyl (C=O) groups is 1. The molecule has 0 bridgehead atoms. The van der Waals surface area contributed by atoms with E-state index in [0.29, 0.717) is 12.3 Å². The number of Topliss-reactive ketones (excluding diaryl/α,β-unsaturated/α-hetero) is 1. The molecule has 0 N–H and O–H groups in total. The van der Waals surface area contributed by atoms with Crippen LogP contribution in [-0.4, -0.2) is 31.3 Å². The van der Waals surface area contributed by atoms with Gasteiger partial charge in [-0.2, -0.15) is 0 Å². The number of hydrogen-bond donors (Lipinski definition) is 0. The molecule has 1 aliphatic rings. The van der Waals surface area contributed by atoms with E-state index in [1.807, 2.05) is 13.0 Å². The second kappa shape index (κ2) is 7.14. The molecule has 0 saturated carbocycles. The summed E-state index contributed by atoms with van der Waals surface area (Å²) in [4.78, 5) is 14.3. The number of fused-ring (bicyclic) bond motifs is 1. The molecule has 2 aromatic rings. The van der Waals surface area contributed by atoms with Crippen LogP contribution in [0, 0.1) is 0 Å². The van der Waals surface area contributed by atoms with E-state index >= 15 is 0 Å². The molecule has 0 spiro atoms. The highest BCUT2D eigenvalue weighted by Gasteiger charge is 2.19. The molecule has 0 saturated heterocycles. The highest BCUT2D eigenvalue weighted by Crippen LogP contribution is 2.31. The smallest absolute Gasteiger partial charge is 0.162 e. The zero-order valence-electron chi connectivity index (χ0n) is 14.8. The van der Waals surface area contributed by atoms with Crippen molar-refractivity contribution in [2.75, 3.05) is 20.6 Å². The molecule has 2 nitrogen and oxygen atoms in total. The standard InChI is InChI=1S/C22H25NO/c1-16-13-18-9-10-19(14-20(18)15-22(16)24)21(11-12-23(2)3)17-7-5-4-6-8-17/h4-10,13-14,21H,11-12,15H2,1-3H3. The van der Waals surface area contributed by atoms with E-state index in [9.17, 15) is 4.79 Å². The van der Waals surface area contributed by atoms with Crippen LogP contribution in [-0.2, 0) is 11.2 Å². The van der Waals surface area contributed by atoms with Crippen molar-refractivity contribution in [2.24, 2.45) is 0 Å². The molecule has 1 atom stereocenters. The largest absolute Gasteiger partial charge is 0.309 e. The Morgan fingerprint density at radius 3 is 2.50 bits per heavy atom. The number of allylic oxidation sites excluding steroid dienone is 1. The van der Waals surface area contributed by atoms with Crippen LogP contribution in [0.3, 0.4) is 0 Å². The van der Waals surface area contributed by atoms with Crippen LogP contribution in [0.4, 0.5) is 0 Å². The van der Waals surface area contributed by atoms with Crippen molar-refractivity contribution in [1.82, 2.24) is 4.90 Å². The second-order valence-corrected chi connectivity index (χ2v) is 6.94. The molecule has 124 valence electrons. The van der Waals surface area contributed by atoms with Crippen molar-refractivity contribution in [1.29, 1.82) is 0 Å². The fraction of sp³-hybridized carbons (Fsp3) is 0.318. The van der Waals surface area contributed by atoms with Gasteiger partial charge in [0.1, 0.15) is 0 Å². The van der Waals surface area contributed by atoms with Gasteiger partial charge in [0.15, 0.2) is 5.78 Å². The van der Waals surface area contributed by atoms with Crippen molar-refractivity contribution < 1.29 is 4.79 Å². The minimum atomic E-state index is 0.240. The lowest BCUT2D eigenvalue weighted by Crippen LogP contribution is -2.17. The van der Waals surface area contributed by atoms with Gasteiger partial charge in [0.2, 0.25) is 0 Å². The SMILES string of the molecule is CC1=Cc2ccc(C(CCN(C)C)c3ccccc3)cc2CC1=O. The van der Waals surface area contributed by atoms with Crippen LogP contribution >= 0.6 is 0 Å². The predicted octanol–water partition coefficient (Wildman–Crippen LogP) is 4.30. The summed E-state index contributed by atoms with van der Waals surface area (Å²) in [6.45, 7) is 2.94. The molecule has 3 rings (SSSR count). The number of nitrogens with zero attached hydrogens (tertiary/aromatic N) is 1. The van der Waals surface area contributed by atoms with Gasteiger partial charge in [0, 0.05) is 12.3 Å². The van der Waals surface area contributed by atoms with Crippen LogP contribution in [0.5, 0.6) is 0 Å². The maximum atomic E-state index is 12.0. The molecule has 2 heteroatoms. The summed E-state index contributed by atoms with van der Waals surface area (Å²) in [5.74, 6) is 0.602. The van der Waals surface area contributed by atoms with Gasteiger partial charge >= 0.3 is 0 Å². The normalized spacial score (nSPS) is 15.2. The lowest BCUT2D eigenvalue weighted by atomic mass is 9.84. The van der Waals surface area contributed by atoms with Crippen molar-refractivity contribution >= 4 is 11.9 Å². The van der Waals surface area contributed by atoms with Crippen LogP contribution in [0.15, 0.2) is 54.1 Å². The first-order valence-corrected chi connectivity index (χ1v) is 8.58. The molecule has 2 aromatic carbocycles. The molecule has 1 aliphatic carbocycles. The maximum Gasteiger partial charge on any atom is 0.162 e. The van der Waals surface area contributed by atoms with Gasteiger partial charge < -0.3 is 4.90 Å². The van der Waals surface area contributed by atoms with Crippen LogP contribution in [0.25, 0.3) is 6.08 Å². The van der Waals surface area contributed by atoms with Crippen molar-refractivity contribution in [2.45, 2.75) is 25.7 Å². The molecule has 0 heterocycles. The van der Waals surface area contributed by atoms with E-state index in [1.165, 1.54) is 16.7 Å². The molecular weight excluding hydrogens is 294 g/mol. The maximum absolute atomic E-state index is 12.0. The summed E-state index contributed by atoms with van der Waals surface area (Å²) in [5.41, 5.74) is 5.86. The molecule has 0 radical (unpaired) electrons. The Bertz CT molecular complexity index is 759. The number of carbonyl (C=O) groups excluding carboxylic acids is 1. The Kier molecular flexibility index (Phi) is 4.96. The van der Waals surface area contributed by atoms with Crippen LogP contribution in [0.2, 0.25) is 0 Å². The van der Waals surface area contributed by atoms with E-state index in [1.54, 1.807) is 0 Å². The van der Waals surface area contributed by atoms with Gasteiger partial charge in [-0.3, -0.25) is 4.79 Å². The zero-order valence-corrected chi connectivity index (χ0v) is 14.8. The van der Waals surface area contributed by atoms with E-state index in [2.05, 4.69) is 67.5 Å². The number of hydrogen-bond acceptors (Lipinski definition) is 2. The summed E-state index contributed by atoms with van der Waals surface area (Å²) in [7, 11) is 4.22. The Labute approximate surface area is 144 Å². The van der Waals surface area contributed by atoms with Crippen LogP contribution in [0.1, 0.15) is 41.5 Å². The summed E-state index contributed by atoms with van der Waals surface area (Å²) in [6.07, 6.45) is 3.61. The third-order valence-corrected chi connectivity index (χ3v) is 4.80. The fourth-order valence-electron chi connectivity index (χ4n) is 3.36. The first-order valence-electron chi connectivity index (χ1n) is 8.58. The van der Waals surface area contributed by atoms with E-state index in [0.717, 1.165) is 24.1 Å². The van der Waals surface area contributed by atoms with Crippen LogP contribution < -0.4 is 0 Å². The van der Waals surface area contributed by atoms with E-state index in [4.69, 9.17) is 0 Å². The fourth-order valence-corrected chi connectivity index (χ4v) is 3.36. The predicted molar refractivity (Wildman–Crippen MR) is 100 cm³/mol. The minimum absolute atomic E-state index is 0.240. The Morgan fingerprint density at radius 1 is 1.04 bits per heavy atom. The zero-order chi connectivity index (χ0) is 17.1. The minimum Gasteiger partial charge on any atom is -0.309 e. The molecule has 0 fully saturated rings. The molecule has 0 aromatic heterocycles. The monoisotopic (exact) mass is 319 g/mol. The Balaban J connectivity index is 1.96. The number of ketones is 1. The van der Waals surface area contributed by atoms with Gasteiger partial charge in [-0.05, 0) is 67.9 Å². The highest BCUT2D eigenvalue weighted by molar-refractivity contribution is 6.03. The van der Waals surface area contributed by atoms with Gasteiger partial charge in [-0.25, -0.2) is 0 Å². The third kappa shape index (κ3) is 3.65. The molecule has 1 unspecified atom stereocenters. The lowest BCUT2D eigenvalue weighted by Gasteiger charge is -2.22. The summed E-state index contributed by atoms with van der Waals surface area (Å²) < 4.78 is 0. The summed E-state index contributed by atoms with van der Waals surface area (Å²) in [6, 6.07) is 17.3. The van der Waals surface area contributed by atoms with Gasteiger partial charge in [0.25, 0.3) is 0 Å². The summed E-state index contributed by atoms with van der Waals surface area (Å²) in [5, 5.41) is 0. The van der Waals surface area contributed by atoms with E-state index < -0.39 is 0 Å². The molecular formula is C22H25NO. The summed E-state index contributed by atoms with van der Waals surface area (Å²) >= 11 is 0. The molecule has 24 heavy (non-hydrogen) atoms. The van der Waals surface area contributed by atoms with Crippen molar-refractivity contribution in [3.8, 4) is 0 Å². The average Bonchev–Trinajstić information content (AvgIpc) is 2.57.